The molecule has 1 aromatic carbocycles. The van der Waals surface area contributed by atoms with E-state index in [2.05, 4.69) is 16.6 Å². The third kappa shape index (κ3) is 10.9. The van der Waals surface area contributed by atoms with Gasteiger partial charge in [-0.1, -0.05) is 18.2 Å². The number of ether oxygens (including phenoxy) is 1. The normalized spacial score (nSPS) is 15.1. The smallest absolute Gasteiger partial charge is 0.600 e. The number of benzene rings is 1. The Kier molecular flexibility index (Phi) is 18.0. The van der Waals surface area contributed by atoms with Crippen molar-refractivity contribution >= 4 is 17.9 Å². The molecule has 0 saturated carbocycles. The minimum atomic E-state index is 0. The molecule has 124 valence electrons. The van der Waals surface area contributed by atoms with Crippen LogP contribution in [-0.2, 0) is 10.5 Å². The average Bonchev–Trinajstić information content (AvgIpc) is 3.02. The minimum Gasteiger partial charge on any atom is -0.600 e. The summed E-state index contributed by atoms with van der Waals surface area (Å²) in [5, 5.41) is 3.17. The average molecular weight is 457 g/mol. The molecular formula is C16H26CsN3O2S. The maximum atomic E-state index is 11.7. The Morgan fingerprint density at radius 1 is 1.57 bits per heavy atom. The number of rotatable bonds is 5. The Labute approximate surface area is 202 Å². The summed E-state index contributed by atoms with van der Waals surface area (Å²) in [6, 6.07) is 7.81. The van der Waals surface area contributed by atoms with Crippen LogP contribution in [0.25, 0.3) is 4.72 Å². The van der Waals surface area contributed by atoms with Gasteiger partial charge in [0, 0.05) is 18.2 Å². The zero-order chi connectivity index (χ0) is 15.5. The standard InChI is InChI=1S/C13H18N2O2S.C3H6.Cs.H3N/c1-17-12-4-2-3-10(7-12)9-18-15-13(16)11-5-6-14-8-11;1-3-2;;/h2-4,7,11,14H,5-6,8-9H2,1H3,(H,15,16);3H,1H2,2H3;;1H3/q;;+1;/p-1. The van der Waals surface area contributed by atoms with Gasteiger partial charge in [0.05, 0.1) is 13.0 Å². The van der Waals surface area contributed by atoms with Crippen LogP contribution in [0.2, 0.25) is 0 Å². The van der Waals surface area contributed by atoms with E-state index in [0.29, 0.717) is 5.75 Å². The van der Waals surface area contributed by atoms with Crippen molar-refractivity contribution in [2.45, 2.75) is 19.1 Å². The summed E-state index contributed by atoms with van der Waals surface area (Å²) < 4.78 is 9.20. The van der Waals surface area contributed by atoms with Gasteiger partial charge in [0.1, 0.15) is 5.75 Å². The van der Waals surface area contributed by atoms with Gasteiger partial charge in [-0.05, 0) is 37.6 Å². The molecule has 1 atom stereocenters. The van der Waals surface area contributed by atoms with Gasteiger partial charge >= 0.3 is 68.9 Å². The molecule has 0 bridgehead atoms. The Morgan fingerprint density at radius 2 is 2.26 bits per heavy atom. The van der Waals surface area contributed by atoms with Gasteiger partial charge in [0.15, 0.2) is 0 Å². The number of carbonyl (C=O) groups is 1. The van der Waals surface area contributed by atoms with Crippen LogP contribution in [0, 0.1) is 5.92 Å². The molecule has 2 rings (SSSR count). The van der Waals surface area contributed by atoms with E-state index in [0.717, 1.165) is 30.8 Å². The Bertz CT molecular complexity index is 455. The van der Waals surface area contributed by atoms with Gasteiger partial charge in [-0.2, -0.15) is 0 Å². The molecule has 0 aromatic heterocycles. The Morgan fingerprint density at radius 3 is 2.83 bits per heavy atom. The summed E-state index contributed by atoms with van der Waals surface area (Å²) in [6.07, 6.45) is 2.65. The maximum absolute atomic E-state index is 11.7. The van der Waals surface area contributed by atoms with Crippen LogP contribution < -0.4 is 85.1 Å². The molecule has 1 amide bonds. The van der Waals surface area contributed by atoms with E-state index < -0.39 is 0 Å². The zero-order valence-corrected chi connectivity index (χ0v) is 21.5. The second-order valence-corrected chi connectivity index (χ2v) is 5.38. The first-order valence-corrected chi connectivity index (χ1v) is 7.93. The van der Waals surface area contributed by atoms with E-state index in [1.165, 1.54) is 11.9 Å². The molecule has 1 unspecified atom stereocenters. The first-order chi connectivity index (χ1) is 10.2. The van der Waals surface area contributed by atoms with Crippen molar-refractivity contribution in [1.29, 1.82) is 0 Å². The fourth-order valence-electron chi connectivity index (χ4n) is 1.87. The number of carbonyl (C=O) groups excluding carboxylic acids is 1. The van der Waals surface area contributed by atoms with Crippen molar-refractivity contribution in [3.63, 3.8) is 0 Å². The summed E-state index contributed by atoms with van der Waals surface area (Å²) >= 11 is 1.31. The van der Waals surface area contributed by atoms with Crippen LogP contribution in [0.4, 0.5) is 0 Å². The van der Waals surface area contributed by atoms with Crippen molar-refractivity contribution in [2.75, 3.05) is 20.2 Å². The van der Waals surface area contributed by atoms with E-state index in [1.807, 2.05) is 31.2 Å². The number of hydrogen-bond donors (Lipinski definition) is 2. The number of nitrogens with one attached hydrogen (secondary N) is 1. The third-order valence-corrected chi connectivity index (χ3v) is 3.70. The van der Waals surface area contributed by atoms with Crippen LogP contribution in [0.3, 0.4) is 0 Å². The molecule has 23 heavy (non-hydrogen) atoms. The van der Waals surface area contributed by atoms with E-state index in [4.69, 9.17) is 4.74 Å². The maximum Gasteiger partial charge on any atom is 1.00 e. The Hall–Kier alpha value is 0.552. The van der Waals surface area contributed by atoms with Crippen molar-refractivity contribution in [1.82, 2.24) is 11.5 Å². The van der Waals surface area contributed by atoms with E-state index in [1.54, 1.807) is 13.2 Å². The van der Waals surface area contributed by atoms with Gasteiger partial charge in [-0.25, -0.2) is 0 Å². The summed E-state index contributed by atoms with van der Waals surface area (Å²) in [5.41, 5.74) is 1.11. The SMILES string of the molecule is C=CC.COc1cccc(CS[N-]C(=O)C2CCNC2)c1.N.[Cs+]. The molecule has 4 N–H and O–H groups in total. The van der Waals surface area contributed by atoms with Crippen LogP contribution in [0.15, 0.2) is 36.9 Å². The van der Waals surface area contributed by atoms with Crippen LogP contribution in [0.5, 0.6) is 5.75 Å². The number of amides is 1. The van der Waals surface area contributed by atoms with Crippen LogP contribution in [0.1, 0.15) is 18.9 Å². The second kappa shape index (κ2) is 16.0. The molecule has 5 nitrogen and oxygen atoms in total. The minimum absolute atomic E-state index is 0. The largest absolute Gasteiger partial charge is 1.00 e. The molecule has 1 fully saturated rings. The van der Waals surface area contributed by atoms with Crippen molar-refractivity contribution in [3.05, 3.63) is 47.2 Å². The first-order valence-electron chi connectivity index (χ1n) is 6.98. The summed E-state index contributed by atoms with van der Waals surface area (Å²) in [7, 11) is 1.65. The van der Waals surface area contributed by atoms with Gasteiger partial charge in [0.25, 0.3) is 0 Å². The third-order valence-electron chi connectivity index (χ3n) is 2.93. The first kappa shape index (κ1) is 25.8. The molecule has 0 aliphatic carbocycles. The molecule has 0 radical (unpaired) electrons. The second-order valence-electron chi connectivity index (χ2n) is 4.65. The van der Waals surface area contributed by atoms with E-state index in [-0.39, 0.29) is 86.9 Å². The number of allylic oxidation sites excluding steroid dienone is 1. The summed E-state index contributed by atoms with van der Waals surface area (Å²) in [6.45, 7) is 6.94. The topological polar surface area (TPSA) is 87.4 Å². The van der Waals surface area contributed by atoms with Gasteiger partial charge in [-0.3, -0.25) is 11.9 Å². The number of nitrogens with zero attached hydrogens (tertiary/aromatic N) is 1. The zero-order valence-electron chi connectivity index (χ0n) is 14.4. The predicted molar refractivity (Wildman–Crippen MR) is 94.5 cm³/mol. The van der Waals surface area contributed by atoms with Crippen molar-refractivity contribution in [2.24, 2.45) is 5.92 Å². The van der Waals surface area contributed by atoms with Crippen molar-refractivity contribution < 1.29 is 78.4 Å². The number of methoxy groups -OCH3 is 1. The van der Waals surface area contributed by atoms with Crippen LogP contribution >= 0.6 is 11.9 Å². The van der Waals surface area contributed by atoms with E-state index in [9.17, 15) is 4.79 Å². The van der Waals surface area contributed by atoms with E-state index >= 15 is 0 Å². The van der Waals surface area contributed by atoms with Crippen LogP contribution in [-0.4, -0.2) is 26.1 Å². The summed E-state index contributed by atoms with van der Waals surface area (Å²) in [5.74, 6) is 1.61. The molecule has 7 heteroatoms. The fourth-order valence-corrected chi connectivity index (χ4v) is 2.54. The fraction of sp³-hybridized carbons (Fsp3) is 0.438. The molecule has 0 spiro atoms. The molecular weight excluding hydrogens is 431 g/mol. The Balaban J connectivity index is 0. The molecule has 1 aliphatic rings. The number of hydrogen-bond acceptors (Lipinski definition) is 5. The van der Waals surface area contributed by atoms with Gasteiger partial charge in [-0.15, -0.1) is 6.58 Å². The predicted octanol–water partition coefficient (Wildman–Crippen LogP) is 0.712. The molecule has 1 heterocycles. The quantitative estimate of drug-likeness (QED) is 0.503. The van der Waals surface area contributed by atoms with Gasteiger partial charge in [0.2, 0.25) is 0 Å². The summed E-state index contributed by atoms with van der Waals surface area (Å²) in [4.78, 5) is 11.7. The van der Waals surface area contributed by atoms with Gasteiger partial charge < -0.3 is 25.7 Å². The molecule has 1 aliphatic heterocycles. The van der Waals surface area contributed by atoms with Crippen molar-refractivity contribution in [3.8, 4) is 5.75 Å². The monoisotopic (exact) mass is 457 g/mol. The molecule has 1 saturated heterocycles. The molecule has 1 aromatic rings.